The number of nitrogens with zero attached hydrogens (tertiary/aromatic N) is 3. The van der Waals surface area contributed by atoms with Gasteiger partial charge in [0.05, 0.1) is 17.4 Å². The van der Waals surface area contributed by atoms with Gasteiger partial charge < -0.3 is 5.32 Å². The number of rotatable bonds is 3. The molecule has 0 radical (unpaired) electrons. The Morgan fingerprint density at radius 2 is 2.00 bits per heavy atom. The van der Waals surface area contributed by atoms with Gasteiger partial charge in [0.25, 0.3) is 5.91 Å². The quantitative estimate of drug-likeness (QED) is 0.406. The minimum Gasteiger partial charge on any atom is -0.315 e. The predicted octanol–water partition coefficient (Wildman–Crippen LogP) is 4.90. The van der Waals surface area contributed by atoms with E-state index in [0.717, 1.165) is 38.7 Å². The van der Waals surface area contributed by atoms with Crippen molar-refractivity contribution in [1.82, 2.24) is 19.7 Å². The van der Waals surface area contributed by atoms with E-state index in [1.165, 1.54) is 6.07 Å². The molecule has 2 N–H and O–H groups in total. The van der Waals surface area contributed by atoms with Crippen LogP contribution in [0.5, 0.6) is 0 Å². The summed E-state index contributed by atoms with van der Waals surface area (Å²) in [6.07, 6.45) is 8.58. The molecule has 3 aromatic heterocycles. The summed E-state index contributed by atoms with van der Waals surface area (Å²) >= 11 is 0. The molecular weight excluding hydrogens is 405 g/mol. The van der Waals surface area contributed by atoms with Crippen LogP contribution < -0.4 is 5.32 Å². The Morgan fingerprint density at radius 3 is 2.78 bits per heavy atom. The first-order chi connectivity index (χ1) is 15.5. The number of aromatic nitrogens is 4. The first kappa shape index (κ1) is 19.5. The number of anilines is 1. The number of carbonyl (C=O) groups is 1. The zero-order valence-electron chi connectivity index (χ0n) is 17.4. The molecule has 156 valence electrons. The van der Waals surface area contributed by atoms with Crippen LogP contribution in [0.2, 0.25) is 0 Å². The largest absolute Gasteiger partial charge is 0.315 e. The fraction of sp³-hybridized carbons (Fsp3) is 0.0800. The number of fused-ring (bicyclic) bond motifs is 2. The molecule has 0 unspecified atom stereocenters. The van der Waals surface area contributed by atoms with E-state index in [4.69, 9.17) is 6.42 Å². The molecule has 0 fully saturated rings. The van der Waals surface area contributed by atoms with Crippen molar-refractivity contribution in [3.05, 3.63) is 71.9 Å². The number of pyridine rings is 1. The zero-order chi connectivity index (χ0) is 22.4. The molecule has 7 heteroatoms. The van der Waals surface area contributed by atoms with Crippen LogP contribution in [0.3, 0.4) is 0 Å². The monoisotopic (exact) mass is 423 g/mol. The highest BCUT2D eigenvalue weighted by molar-refractivity contribution is 6.06. The molecule has 0 saturated carbocycles. The summed E-state index contributed by atoms with van der Waals surface area (Å²) < 4.78 is 17.0. The van der Waals surface area contributed by atoms with Crippen LogP contribution in [0.4, 0.5) is 10.1 Å². The van der Waals surface area contributed by atoms with Gasteiger partial charge in [-0.05, 0) is 67.3 Å². The molecule has 0 atom stereocenters. The fourth-order valence-corrected chi connectivity index (χ4v) is 4.24. The Morgan fingerprint density at radius 1 is 1.16 bits per heavy atom. The molecule has 5 rings (SSSR count). The van der Waals surface area contributed by atoms with Crippen LogP contribution in [-0.4, -0.2) is 25.7 Å². The summed E-state index contributed by atoms with van der Waals surface area (Å²) in [6.45, 7) is 3.99. The maximum absolute atomic E-state index is 15.2. The summed E-state index contributed by atoms with van der Waals surface area (Å²) in [5, 5.41) is 11.6. The number of amides is 1. The van der Waals surface area contributed by atoms with Crippen molar-refractivity contribution in [2.24, 2.45) is 0 Å². The number of halogens is 1. The highest BCUT2D eigenvalue weighted by Gasteiger charge is 2.22. The van der Waals surface area contributed by atoms with Crippen LogP contribution in [0.25, 0.3) is 38.8 Å². The number of carbonyl (C=O) groups excluding carboxylic acids is 1. The fourth-order valence-electron chi connectivity index (χ4n) is 4.24. The van der Waals surface area contributed by atoms with Gasteiger partial charge in [0, 0.05) is 33.9 Å². The van der Waals surface area contributed by atoms with E-state index < -0.39 is 11.7 Å². The van der Waals surface area contributed by atoms with Crippen LogP contribution in [0.15, 0.2) is 54.9 Å². The molecule has 6 nitrogen and oxygen atoms in total. The van der Waals surface area contributed by atoms with Crippen molar-refractivity contribution in [3.8, 4) is 29.2 Å². The zero-order valence-corrected chi connectivity index (χ0v) is 17.4. The van der Waals surface area contributed by atoms with E-state index in [1.807, 2.05) is 44.0 Å². The first-order valence-electron chi connectivity index (χ1n) is 9.96. The maximum atomic E-state index is 15.2. The number of benzene rings is 2. The summed E-state index contributed by atoms with van der Waals surface area (Å²) in [5.74, 6) is 0.820. The lowest BCUT2D eigenvalue weighted by Crippen LogP contribution is -2.09. The standard InChI is InChI=1S/C25H18FN5O/c1-4-22(32)29-16-8-10-21(19(26)12-16)31-15(3)24(17-6-5-11-27-25(17)31)23-14(2)7-9-20-18(23)13-28-30-20/h1,5-13H,2-3H3,(H,28,30)(H,29,32). The molecule has 2 aromatic carbocycles. The third kappa shape index (κ3) is 2.93. The van der Waals surface area contributed by atoms with Crippen LogP contribution >= 0.6 is 0 Å². The SMILES string of the molecule is C#CC(=O)Nc1ccc(-n2c(C)c(-c3c(C)ccc4[nH]ncc34)c3cccnc32)c(F)c1. The second-order valence-electron chi connectivity index (χ2n) is 7.52. The van der Waals surface area contributed by atoms with E-state index in [9.17, 15) is 4.79 Å². The third-order valence-electron chi connectivity index (χ3n) is 5.63. The van der Waals surface area contributed by atoms with Crippen molar-refractivity contribution in [1.29, 1.82) is 0 Å². The average Bonchev–Trinajstić information content (AvgIpc) is 3.37. The Hall–Kier alpha value is -4.44. The number of hydrogen-bond donors (Lipinski definition) is 2. The first-order valence-corrected chi connectivity index (χ1v) is 9.96. The predicted molar refractivity (Wildman–Crippen MR) is 123 cm³/mol. The van der Waals surface area contributed by atoms with Crippen molar-refractivity contribution in [2.75, 3.05) is 5.32 Å². The Balaban J connectivity index is 1.78. The van der Waals surface area contributed by atoms with Crippen molar-refractivity contribution < 1.29 is 9.18 Å². The smallest absolute Gasteiger partial charge is 0.300 e. The number of H-pyrrole nitrogens is 1. The van der Waals surface area contributed by atoms with Crippen LogP contribution in [0.1, 0.15) is 11.3 Å². The molecule has 0 saturated heterocycles. The van der Waals surface area contributed by atoms with Gasteiger partial charge in [-0.15, -0.1) is 6.42 Å². The van der Waals surface area contributed by atoms with Crippen LogP contribution in [-0.2, 0) is 4.79 Å². The lowest BCUT2D eigenvalue weighted by atomic mass is 9.95. The lowest BCUT2D eigenvalue weighted by molar-refractivity contribution is -0.111. The molecule has 5 aromatic rings. The molecule has 0 aliphatic heterocycles. The normalized spacial score (nSPS) is 11.1. The van der Waals surface area contributed by atoms with Gasteiger partial charge in [-0.25, -0.2) is 9.37 Å². The van der Waals surface area contributed by atoms with Crippen molar-refractivity contribution in [2.45, 2.75) is 13.8 Å². The minimum absolute atomic E-state index is 0.288. The van der Waals surface area contributed by atoms with Gasteiger partial charge in [-0.2, -0.15) is 5.10 Å². The Bertz CT molecular complexity index is 1570. The average molecular weight is 423 g/mol. The van der Waals surface area contributed by atoms with E-state index in [-0.39, 0.29) is 5.69 Å². The molecule has 0 aliphatic carbocycles. The highest BCUT2D eigenvalue weighted by atomic mass is 19.1. The lowest BCUT2D eigenvalue weighted by Gasteiger charge is -2.12. The summed E-state index contributed by atoms with van der Waals surface area (Å²) in [5.41, 5.74) is 6.11. The van der Waals surface area contributed by atoms with Gasteiger partial charge in [0.1, 0.15) is 11.5 Å². The van der Waals surface area contributed by atoms with E-state index in [2.05, 4.69) is 20.5 Å². The number of nitrogens with one attached hydrogen (secondary N) is 2. The molecule has 1 amide bonds. The summed E-state index contributed by atoms with van der Waals surface area (Å²) in [4.78, 5) is 16.0. The van der Waals surface area contributed by atoms with Gasteiger partial charge in [-0.3, -0.25) is 14.5 Å². The molecule has 32 heavy (non-hydrogen) atoms. The Labute approximate surface area is 183 Å². The Kier molecular flexibility index (Phi) is 4.49. The minimum atomic E-state index is -0.632. The third-order valence-corrected chi connectivity index (χ3v) is 5.63. The number of terminal acetylenes is 1. The number of aryl methyl sites for hydroxylation is 1. The van der Waals surface area contributed by atoms with Crippen molar-refractivity contribution >= 4 is 33.5 Å². The topological polar surface area (TPSA) is 75.6 Å². The maximum Gasteiger partial charge on any atom is 0.300 e. The van der Waals surface area contributed by atoms with Gasteiger partial charge in [0.2, 0.25) is 0 Å². The highest BCUT2D eigenvalue weighted by Crippen LogP contribution is 2.40. The number of aromatic amines is 1. The summed E-state index contributed by atoms with van der Waals surface area (Å²) in [6, 6.07) is 12.4. The summed E-state index contributed by atoms with van der Waals surface area (Å²) in [7, 11) is 0. The molecule has 3 heterocycles. The number of hydrogen-bond acceptors (Lipinski definition) is 3. The second-order valence-corrected chi connectivity index (χ2v) is 7.52. The van der Waals surface area contributed by atoms with Crippen LogP contribution in [0, 0.1) is 32.0 Å². The van der Waals surface area contributed by atoms with E-state index in [1.54, 1.807) is 29.1 Å². The van der Waals surface area contributed by atoms with E-state index >= 15 is 4.39 Å². The molecule has 0 spiro atoms. The van der Waals surface area contributed by atoms with Gasteiger partial charge in [-0.1, -0.05) is 6.07 Å². The second kappa shape index (κ2) is 7.36. The molecule has 0 aliphatic rings. The van der Waals surface area contributed by atoms with E-state index in [0.29, 0.717) is 11.3 Å². The molecular formula is C25H18FN5O. The van der Waals surface area contributed by atoms with Gasteiger partial charge in [0.15, 0.2) is 0 Å². The van der Waals surface area contributed by atoms with Crippen molar-refractivity contribution in [3.63, 3.8) is 0 Å². The van der Waals surface area contributed by atoms with Gasteiger partial charge >= 0.3 is 0 Å². The molecule has 0 bridgehead atoms.